The molecule has 1 amide bonds. The highest BCUT2D eigenvalue weighted by molar-refractivity contribution is 7.71. The van der Waals surface area contributed by atoms with Gasteiger partial charge in [0.05, 0.1) is 12.6 Å². The zero-order chi connectivity index (χ0) is 13.1. The van der Waals surface area contributed by atoms with Crippen LogP contribution in [0.1, 0.15) is 6.92 Å². The van der Waals surface area contributed by atoms with E-state index in [9.17, 15) is 4.79 Å². The molecule has 0 spiro atoms. The number of imidazole rings is 1. The van der Waals surface area contributed by atoms with E-state index in [0.29, 0.717) is 22.8 Å². The molecule has 96 valence electrons. The molecule has 0 fully saturated rings. The number of amides is 1. The Hall–Kier alpha value is -1.89. The van der Waals surface area contributed by atoms with Crippen molar-refractivity contribution < 1.29 is 9.53 Å². The van der Waals surface area contributed by atoms with Gasteiger partial charge in [0.2, 0.25) is 11.8 Å². The van der Waals surface area contributed by atoms with Gasteiger partial charge in [0.15, 0.2) is 10.4 Å². The van der Waals surface area contributed by atoms with Crippen molar-refractivity contribution in [3.63, 3.8) is 0 Å². The number of aromatic nitrogens is 3. The normalized spacial score (nSPS) is 10.6. The number of carbonyl (C=O) groups is 1. The summed E-state index contributed by atoms with van der Waals surface area (Å²) >= 11 is 5.18. The van der Waals surface area contributed by atoms with E-state index in [0.717, 1.165) is 5.52 Å². The number of H-pyrrole nitrogens is 1. The van der Waals surface area contributed by atoms with E-state index >= 15 is 0 Å². The summed E-state index contributed by atoms with van der Waals surface area (Å²) in [6.45, 7) is 2.60. The minimum atomic E-state index is -0.0980. The van der Waals surface area contributed by atoms with Crippen molar-refractivity contribution >= 4 is 29.3 Å². The molecule has 6 nitrogen and oxygen atoms in total. The summed E-state index contributed by atoms with van der Waals surface area (Å²) in [6, 6.07) is 3.56. The molecular weight excluding hydrogens is 252 g/mol. The van der Waals surface area contributed by atoms with Crippen LogP contribution in [0.4, 0.5) is 0 Å². The zero-order valence-corrected chi connectivity index (χ0v) is 11.0. The van der Waals surface area contributed by atoms with E-state index in [4.69, 9.17) is 17.0 Å². The SMILES string of the molecule is CCNC(=O)Cn1c(=S)[nH]c2ccc(OC)nc21. The summed E-state index contributed by atoms with van der Waals surface area (Å²) in [6.07, 6.45) is 0. The first-order valence-electron chi connectivity index (χ1n) is 5.56. The number of fused-ring (bicyclic) bond motifs is 1. The predicted molar refractivity (Wildman–Crippen MR) is 70.2 cm³/mol. The number of carbonyl (C=O) groups excluding carboxylic acids is 1. The number of nitrogens with one attached hydrogen (secondary N) is 2. The van der Waals surface area contributed by atoms with Gasteiger partial charge in [0, 0.05) is 12.6 Å². The van der Waals surface area contributed by atoms with Crippen LogP contribution in [0, 0.1) is 4.77 Å². The van der Waals surface area contributed by atoms with Gasteiger partial charge in [0.25, 0.3) is 0 Å². The number of nitrogens with zero attached hydrogens (tertiary/aromatic N) is 2. The number of pyridine rings is 1. The largest absolute Gasteiger partial charge is 0.481 e. The van der Waals surface area contributed by atoms with Gasteiger partial charge in [0.1, 0.15) is 6.54 Å². The summed E-state index contributed by atoms with van der Waals surface area (Å²) in [5, 5.41) is 2.73. The Morgan fingerprint density at radius 2 is 2.39 bits per heavy atom. The number of likely N-dealkylation sites (N-methyl/N-ethyl adjacent to an activating group) is 1. The predicted octanol–water partition coefficient (Wildman–Crippen LogP) is 1.24. The molecule has 0 saturated heterocycles. The van der Waals surface area contributed by atoms with Gasteiger partial charge >= 0.3 is 0 Å². The molecule has 0 bridgehead atoms. The molecule has 2 N–H and O–H groups in total. The third-order valence-corrected chi connectivity index (χ3v) is 2.80. The molecule has 2 rings (SSSR count). The van der Waals surface area contributed by atoms with Gasteiger partial charge < -0.3 is 15.0 Å². The van der Waals surface area contributed by atoms with Crippen molar-refractivity contribution in [3.05, 3.63) is 16.9 Å². The molecule has 2 heterocycles. The standard InChI is InChI=1S/C11H14N4O2S/c1-3-12-8(16)6-15-10-7(13-11(15)18)4-5-9(14-10)17-2/h4-5H,3,6H2,1-2H3,(H,12,16)(H,13,18). The smallest absolute Gasteiger partial charge is 0.240 e. The topological polar surface area (TPSA) is 71.9 Å². The Bertz CT molecular complexity index is 631. The van der Waals surface area contributed by atoms with Gasteiger partial charge in [-0.05, 0) is 25.2 Å². The molecule has 18 heavy (non-hydrogen) atoms. The average molecular weight is 266 g/mol. The van der Waals surface area contributed by atoms with Crippen LogP contribution in [0.15, 0.2) is 12.1 Å². The molecule has 0 aliphatic heterocycles. The number of rotatable bonds is 4. The Labute approximate surface area is 109 Å². The zero-order valence-electron chi connectivity index (χ0n) is 10.2. The van der Waals surface area contributed by atoms with Gasteiger partial charge in [-0.2, -0.15) is 4.98 Å². The molecular formula is C11H14N4O2S. The number of methoxy groups -OCH3 is 1. The number of hydrogen-bond acceptors (Lipinski definition) is 4. The van der Waals surface area contributed by atoms with Crippen LogP contribution in [0.5, 0.6) is 5.88 Å². The van der Waals surface area contributed by atoms with Crippen molar-refractivity contribution in [2.24, 2.45) is 0 Å². The van der Waals surface area contributed by atoms with Crippen LogP contribution in [0.25, 0.3) is 11.2 Å². The van der Waals surface area contributed by atoms with Gasteiger partial charge in [-0.1, -0.05) is 0 Å². The first kappa shape index (κ1) is 12.6. The first-order valence-corrected chi connectivity index (χ1v) is 5.96. The van der Waals surface area contributed by atoms with Crippen LogP contribution in [0.2, 0.25) is 0 Å². The lowest BCUT2D eigenvalue weighted by molar-refractivity contribution is -0.121. The van der Waals surface area contributed by atoms with Crippen LogP contribution in [0.3, 0.4) is 0 Å². The lowest BCUT2D eigenvalue weighted by Crippen LogP contribution is -2.27. The molecule has 0 saturated carbocycles. The second-order valence-corrected chi connectivity index (χ2v) is 4.08. The minimum absolute atomic E-state index is 0.0980. The second-order valence-electron chi connectivity index (χ2n) is 3.69. The van der Waals surface area contributed by atoms with Crippen molar-refractivity contribution in [1.82, 2.24) is 19.9 Å². The van der Waals surface area contributed by atoms with E-state index in [1.807, 2.05) is 13.0 Å². The van der Waals surface area contributed by atoms with Crippen molar-refractivity contribution in [1.29, 1.82) is 0 Å². The first-order chi connectivity index (χ1) is 8.65. The fraction of sp³-hybridized carbons (Fsp3) is 0.364. The number of hydrogen-bond donors (Lipinski definition) is 2. The summed E-state index contributed by atoms with van der Waals surface area (Å²) < 4.78 is 7.19. The van der Waals surface area contributed by atoms with E-state index < -0.39 is 0 Å². The molecule has 0 aromatic carbocycles. The molecule has 0 atom stereocenters. The Morgan fingerprint density at radius 3 is 3.06 bits per heavy atom. The van der Waals surface area contributed by atoms with E-state index in [1.54, 1.807) is 17.7 Å². The van der Waals surface area contributed by atoms with E-state index in [-0.39, 0.29) is 12.5 Å². The van der Waals surface area contributed by atoms with Crippen LogP contribution in [-0.2, 0) is 11.3 Å². The third-order valence-electron chi connectivity index (χ3n) is 2.48. The maximum Gasteiger partial charge on any atom is 0.240 e. The average Bonchev–Trinajstić information content (AvgIpc) is 2.65. The van der Waals surface area contributed by atoms with E-state index in [2.05, 4.69) is 15.3 Å². The summed E-state index contributed by atoms with van der Waals surface area (Å²) in [7, 11) is 1.55. The van der Waals surface area contributed by atoms with Gasteiger partial charge in [-0.15, -0.1) is 0 Å². The molecule has 7 heteroatoms. The Morgan fingerprint density at radius 1 is 1.61 bits per heavy atom. The van der Waals surface area contributed by atoms with Crippen LogP contribution >= 0.6 is 12.2 Å². The van der Waals surface area contributed by atoms with Crippen molar-refractivity contribution in [2.75, 3.05) is 13.7 Å². The molecule has 0 radical (unpaired) electrons. The fourth-order valence-electron chi connectivity index (χ4n) is 1.67. The monoisotopic (exact) mass is 266 g/mol. The van der Waals surface area contributed by atoms with Gasteiger partial charge in [-0.25, -0.2) is 0 Å². The molecule has 2 aromatic heterocycles. The summed E-state index contributed by atoms with van der Waals surface area (Å²) in [5.74, 6) is 0.389. The maximum atomic E-state index is 11.6. The number of aromatic amines is 1. The Kier molecular flexibility index (Phi) is 3.61. The maximum absolute atomic E-state index is 11.6. The highest BCUT2D eigenvalue weighted by atomic mass is 32.1. The second kappa shape index (κ2) is 5.18. The molecule has 2 aromatic rings. The van der Waals surface area contributed by atoms with Crippen molar-refractivity contribution in [2.45, 2.75) is 13.5 Å². The third kappa shape index (κ3) is 2.35. The van der Waals surface area contributed by atoms with E-state index in [1.165, 1.54) is 0 Å². The summed E-state index contributed by atoms with van der Waals surface area (Å²) in [5.41, 5.74) is 1.40. The molecule has 0 unspecified atom stereocenters. The van der Waals surface area contributed by atoms with Crippen LogP contribution < -0.4 is 10.1 Å². The van der Waals surface area contributed by atoms with Gasteiger partial charge in [-0.3, -0.25) is 9.36 Å². The quantitative estimate of drug-likeness (QED) is 0.817. The molecule has 0 aliphatic carbocycles. The Balaban J connectivity index is 2.45. The fourth-order valence-corrected chi connectivity index (χ4v) is 1.93. The highest BCUT2D eigenvalue weighted by Crippen LogP contribution is 2.16. The number of ether oxygens (including phenoxy) is 1. The van der Waals surface area contributed by atoms with Crippen LogP contribution in [-0.4, -0.2) is 34.1 Å². The summed E-state index contributed by atoms with van der Waals surface area (Å²) in [4.78, 5) is 18.9. The lowest BCUT2D eigenvalue weighted by Gasteiger charge is -2.04. The lowest BCUT2D eigenvalue weighted by atomic mass is 10.4. The highest BCUT2D eigenvalue weighted by Gasteiger charge is 2.10. The minimum Gasteiger partial charge on any atom is -0.481 e. The molecule has 0 aliphatic rings. The van der Waals surface area contributed by atoms with Crippen molar-refractivity contribution in [3.8, 4) is 5.88 Å².